The van der Waals surface area contributed by atoms with Crippen molar-refractivity contribution in [3.63, 3.8) is 0 Å². The molecule has 0 saturated carbocycles. The Kier molecular flexibility index (Phi) is 6.40. The molecule has 0 aliphatic carbocycles. The van der Waals surface area contributed by atoms with Crippen molar-refractivity contribution in [3.05, 3.63) is 47.0 Å². The second kappa shape index (κ2) is 8.84. The van der Waals surface area contributed by atoms with E-state index in [4.69, 9.17) is 9.47 Å². The van der Waals surface area contributed by atoms with Gasteiger partial charge in [0, 0.05) is 25.7 Å². The summed E-state index contributed by atoms with van der Waals surface area (Å²) in [7, 11) is -0.485. The first-order valence-electron chi connectivity index (χ1n) is 9.53. The van der Waals surface area contributed by atoms with E-state index in [1.165, 1.54) is 25.1 Å². The zero-order valence-electron chi connectivity index (χ0n) is 17.8. The van der Waals surface area contributed by atoms with Gasteiger partial charge in [-0.05, 0) is 47.9 Å². The maximum Gasteiger partial charge on any atom is 0.256 e. The molecular formula is C21H25N3O6S. The molecule has 1 aliphatic rings. The molecule has 166 valence electrons. The molecule has 0 fully saturated rings. The number of methoxy groups -OCH3 is 2. The summed E-state index contributed by atoms with van der Waals surface area (Å²) in [5.41, 5.74) is 2.69. The number of nitrogens with one attached hydrogen (secondary N) is 2. The molecular weight excluding hydrogens is 422 g/mol. The second-order valence-corrected chi connectivity index (χ2v) is 9.02. The van der Waals surface area contributed by atoms with Gasteiger partial charge in [-0.3, -0.25) is 14.3 Å². The summed E-state index contributed by atoms with van der Waals surface area (Å²) in [5, 5.41) is 2.62. The molecule has 10 heteroatoms. The summed E-state index contributed by atoms with van der Waals surface area (Å²) in [6.07, 6.45) is 1.63. The fraction of sp³-hybridized carbons (Fsp3) is 0.333. The third kappa shape index (κ3) is 5.26. The van der Waals surface area contributed by atoms with E-state index in [9.17, 15) is 18.0 Å². The van der Waals surface area contributed by atoms with Crippen LogP contribution in [0.2, 0.25) is 0 Å². The molecule has 0 spiro atoms. The predicted molar refractivity (Wildman–Crippen MR) is 117 cm³/mol. The standard InChI is InChI=1S/C21H25N3O6S/c1-13(25)22-16-5-6-18(23-31(4,27)28)17(11-16)21(26)24-8-7-14-9-19(29-2)20(30-3)10-15(14)12-24/h5-6,9-11,23H,7-8,12H2,1-4H3,(H,22,25). The highest BCUT2D eigenvalue weighted by Gasteiger charge is 2.26. The van der Waals surface area contributed by atoms with E-state index in [0.29, 0.717) is 36.7 Å². The number of nitrogens with zero attached hydrogens (tertiary/aromatic N) is 1. The number of carbonyl (C=O) groups excluding carboxylic acids is 2. The molecule has 2 aromatic carbocycles. The van der Waals surface area contributed by atoms with Crippen LogP contribution in [0.1, 0.15) is 28.4 Å². The highest BCUT2D eigenvalue weighted by atomic mass is 32.2. The van der Waals surface area contributed by atoms with Crippen LogP contribution in [0.15, 0.2) is 30.3 Å². The van der Waals surface area contributed by atoms with Crippen molar-refractivity contribution in [2.24, 2.45) is 0 Å². The Hall–Kier alpha value is -3.27. The van der Waals surface area contributed by atoms with E-state index in [1.807, 2.05) is 12.1 Å². The number of anilines is 2. The van der Waals surface area contributed by atoms with Crippen molar-refractivity contribution in [1.82, 2.24) is 4.90 Å². The first kappa shape index (κ1) is 22.4. The summed E-state index contributed by atoms with van der Waals surface area (Å²) in [6.45, 7) is 2.13. The van der Waals surface area contributed by atoms with Crippen LogP contribution in [0, 0.1) is 0 Å². The van der Waals surface area contributed by atoms with E-state index in [-0.39, 0.29) is 23.1 Å². The Bertz CT molecular complexity index is 1130. The molecule has 0 atom stereocenters. The van der Waals surface area contributed by atoms with Gasteiger partial charge in [-0.2, -0.15) is 0 Å². The highest BCUT2D eigenvalue weighted by Crippen LogP contribution is 2.34. The van der Waals surface area contributed by atoms with Crippen molar-refractivity contribution in [1.29, 1.82) is 0 Å². The lowest BCUT2D eigenvalue weighted by atomic mass is 9.98. The maximum atomic E-state index is 13.4. The van der Waals surface area contributed by atoms with Gasteiger partial charge in [0.15, 0.2) is 11.5 Å². The van der Waals surface area contributed by atoms with Crippen LogP contribution < -0.4 is 19.5 Å². The van der Waals surface area contributed by atoms with E-state index >= 15 is 0 Å². The summed E-state index contributed by atoms with van der Waals surface area (Å²) in [6, 6.07) is 8.22. The zero-order valence-corrected chi connectivity index (χ0v) is 18.6. The van der Waals surface area contributed by atoms with Crippen LogP contribution in [0.25, 0.3) is 0 Å². The molecule has 0 unspecified atom stereocenters. The van der Waals surface area contributed by atoms with Crippen molar-refractivity contribution in [2.45, 2.75) is 19.9 Å². The average Bonchev–Trinajstić information content (AvgIpc) is 2.71. The van der Waals surface area contributed by atoms with Crippen molar-refractivity contribution < 1.29 is 27.5 Å². The summed E-state index contributed by atoms with van der Waals surface area (Å²) in [4.78, 5) is 26.4. The Morgan fingerprint density at radius 1 is 1.03 bits per heavy atom. The van der Waals surface area contributed by atoms with Crippen LogP contribution in [0.4, 0.5) is 11.4 Å². The number of hydrogen-bond donors (Lipinski definition) is 2. The Morgan fingerprint density at radius 2 is 1.68 bits per heavy atom. The Labute approximate surface area is 181 Å². The number of amides is 2. The molecule has 9 nitrogen and oxygen atoms in total. The van der Waals surface area contributed by atoms with Gasteiger partial charge in [-0.15, -0.1) is 0 Å². The summed E-state index contributed by atoms with van der Waals surface area (Å²) >= 11 is 0. The smallest absolute Gasteiger partial charge is 0.256 e. The van der Waals surface area contributed by atoms with E-state index in [1.54, 1.807) is 19.1 Å². The van der Waals surface area contributed by atoms with Gasteiger partial charge in [-0.1, -0.05) is 0 Å². The van der Waals surface area contributed by atoms with E-state index in [0.717, 1.165) is 17.4 Å². The SMILES string of the molecule is COc1cc2c(cc1OC)CN(C(=O)c1cc(NC(C)=O)ccc1NS(C)(=O)=O)CC2. The number of sulfonamides is 1. The maximum absolute atomic E-state index is 13.4. The van der Waals surface area contributed by atoms with Crippen LogP contribution in [-0.2, 0) is 27.8 Å². The number of carbonyl (C=O) groups is 2. The largest absolute Gasteiger partial charge is 0.493 e. The molecule has 2 amide bonds. The normalized spacial score (nSPS) is 13.2. The molecule has 0 saturated heterocycles. The van der Waals surface area contributed by atoms with Gasteiger partial charge in [0.05, 0.1) is 31.7 Å². The molecule has 2 aromatic rings. The Morgan fingerprint density at radius 3 is 2.26 bits per heavy atom. The van der Waals surface area contributed by atoms with Gasteiger partial charge in [0.25, 0.3) is 5.91 Å². The molecule has 1 aliphatic heterocycles. The van der Waals surface area contributed by atoms with E-state index < -0.39 is 10.0 Å². The minimum absolute atomic E-state index is 0.153. The van der Waals surface area contributed by atoms with Crippen molar-refractivity contribution in [2.75, 3.05) is 37.1 Å². The van der Waals surface area contributed by atoms with Gasteiger partial charge >= 0.3 is 0 Å². The number of fused-ring (bicyclic) bond motifs is 1. The number of hydrogen-bond acceptors (Lipinski definition) is 6. The lowest BCUT2D eigenvalue weighted by Gasteiger charge is -2.30. The number of rotatable bonds is 6. The third-order valence-corrected chi connectivity index (χ3v) is 5.46. The fourth-order valence-corrected chi connectivity index (χ4v) is 4.10. The molecule has 31 heavy (non-hydrogen) atoms. The van der Waals surface area contributed by atoms with Crippen LogP contribution in [0.3, 0.4) is 0 Å². The first-order valence-corrected chi connectivity index (χ1v) is 11.4. The van der Waals surface area contributed by atoms with Crippen LogP contribution in [-0.4, -0.2) is 52.2 Å². The monoisotopic (exact) mass is 447 g/mol. The molecule has 2 N–H and O–H groups in total. The Balaban J connectivity index is 1.95. The quantitative estimate of drug-likeness (QED) is 0.702. The zero-order chi connectivity index (χ0) is 22.8. The van der Waals surface area contributed by atoms with Gasteiger partial charge in [0.2, 0.25) is 15.9 Å². The van der Waals surface area contributed by atoms with Crippen LogP contribution in [0.5, 0.6) is 11.5 Å². The van der Waals surface area contributed by atoms with Crippen molar-refractivity contribution in [3.8, 4) is 11.5 Å². The van der Waals surface area contributed by atoms with E-state index in [2.05, 4.69) is 10.0 Å². The lowest BCUT2D eigenvalue weighted by molar-refractivity contribution is -0.114. The average molecular weight is 448 g/mol. The summed E-state index contributed by atoms with van der Waals surface area (Å²) < 4.78 is 36.6. The molecule has 3 rings (SSSR count). The minimum Gasteiger partial charge on any atom is -0.493 e. The minimum atomic E-state index is -3.60. The molecule has 0 bridgehead atoms. The highest BCUT2D eigenvalue weighted by molar-refractivity contribution is 7.92. The fourth-order valence-electron chi connectivity index (χ4n) is 3.52. The molecule has 0 radical (unpaired) electrons. The lowest BCUT2D eigenvalue weighted by Crippen LogP contribution is -2.36. The van der Waals surface area contributed by atoms with Crippen molar-refractivity contribution >= 4 is 33.2 Å². The second-order valence-electron chi connectivity index (χ2n) is 7.27. The topological polar surface area (TPSA) is 114 Å². The third-order valence-electron chi connectivity index (χ3n) is 4.87. The van der Waals surface area contributed by atoms with Crippen LogP contribution >= 0.6 is 0 Å². The summed E-state index contributed by atoms with van der Waals surface area (Å²) in [5.74, 6) is 0.556. The molecule has 1 heterocycles. The van der Waals surface area contributed by atoms with Gasteiger partial charge in [-0.25, -0.2) is 8.42 Å². The first-order chi connectivity index (χ1) is 14.6. The molecule has 0 aromatic heterocycles. The number of ether oxygens (including phenoxy) is 2. The van der Waals surface area contributed by atoms with Gasteiger partial charge in [0.1, 0.15) is 0 Å². The van der Waals surface area contributed by atoms with Gasteiger partial charge < -0.3 is 19.7 Å². The number of benzene rings is 2. The predicted octanol–water partition coefficient (Wildman–Crippen LogP) is 2.23.